The fraction of sp³-hybridized carbons (Fsp3) is 0.600. The van der Waals surface area contributed by atoms with Gasteiger partial charge < -0.3 is 9.80 Å². The molecule has 0 bridgehead atoms. The smallest absolute Gasteiger partial charge is 0.223 e. The molecule has 150 valence electrons. The molecule has 1 saturated carbocycles. The Labute approximate surface area is 170 Å². The Kier molecular flexibility index (Phi) is 5.80. The molecule has 0 N–H and O–H groups in total. The fourth-order valence-electron chi connectivity index (χ4n) is 4.59. The predicted molar refractivity (Wildman–Crippen MR) is 108 cm³/mol. The van der Waals surface area contributed by atoms with Crippen LogP contribution in [0.25, 0.3) is 0 Å². The van der Waals surface area contributed by atoms with Gasteiger partial charge in [0.15, 0.2) is 0 Å². The zero-order chi connectivity index (χ0) is 19.4. The summed E-state index contributed by atoms with van der Waals surface area (Å²) in [6.45, 7) is 3.97. The molecule has 8 heteroatoms. The average Bonchev–Trinajstić information content (AvgIpc) is 3.22. The van der Waals surface area contributed by atoms with Crippen molar-refractivity contribution >= 4 is 23.2 Å². The Hall–Kier alpha value is -2.15. The maximum absolute atomic E-state index is 13.1. The number of anilines is 1. The third-order valence-corrected chi connectivity index (χ3v) is 6.41. The normalized spacial score (nSPS) is 19.6. The Bertz CT molecular complexity index is 765. The lowest BCUT2D eigenvalue weighted by Gasteiger charge is -2.40. The summed E-state index contributed by atoms with van der Waals surface area (Å²) in [5.74, 6) is 0.269. The standard InChI is InChI=1S/C20H27ClN6O/c21-17-4-6-18(7-5-17)25-10-12-26(13-11-25)19(28)14-20(8-2-1-3-9-20)15-27-16-22-23-24-27/h4-7,16H,1-3,8-15H2. The third kappa shape index (κ3) is 4.46. The number of hydrogen-bond acceptors (Lipinski definition) is 5. The molecule has 1 aliphatic heterocycles. The van der Waals surface area contributed by atoms with Crippen LogP contribution in [-0.4, -0.2) is 57.2 Å². The quantitative estimate of drug-likeness (QED) is 0.769. The van der Waals surface area contributed by atoms with E-state index in [1.165, 1.54) is 24.9 Å². The maximum Gasteiger partial charge on any atom is 0.223 e. The second-order valence-corrected chi connectivity index (χ2v) is 8.53. The van der Waals surface area contributed by atoms with Crippen molar-refractivity contribution in [3.8, 4) is 0 Å². The first kappa shape index (κ1) is 19.2. The number of nitrogens with zero attached hydrogens (tertiary/aromatic N) is 6. The van der Waals surface area contributed by atoms with E-state index in [0.29, 0.717) is 6.42 Å². The minimum Gasteiger partial charge on any atom is -0.368 e. The van der Waals surface area contributed by atoms with Gasteiger partial charge in [0.25, 0.3) is 0 Å². The zero-order valence-corrected chi connectivity index (χ0v) is 16.9. The van der Waals surface area contributed by atoms with Crippen LogP contribution in [0.3, 0.4) is 0 Å². The molecule has 0 unspecified atom stereocenters. The molecule has 4 rings (SSSR count). The van der Waals surface area contributed by atoms with E-state index in [1.807, 2.05) is 29.2 Å². The number of carbonyl (C=O) groups excluding carboxylic acids is 1. The van der Waals surface area contributed by atoms with Gasteiger partial charge in [-0.25, -0.2) is 4.68 Å². The lowest BCUT2D eigenvalue weighted by molar-refractivity contribution is -0.135. The summed E-state index contributed by atoms with van der Waals surface area (Å²) in [4.78, 5) is 17.5. The van der Waals surface area contributed by atoms with Crippen LogP contribution < -0.4 is 4.90 Å². The van der Waals surface area contributed by atoms with Crippen LogP contribution in [0.4, 0.5) is 5.69 Å². The first-order valence-corrected chi connectivity index (χ1v) is 10.5. The van der Waals surface area contributed by atoms with Gasteiger partial charge in [0, 0.05) is 43.3 Å². The van der Waals surface area contributed by atoms with E-state index >= 15 is 0 Å². The largest absolute Gasteiger partial charge is 0.368 e. The van der Waals surface area contributed by atoms with Crippen LogP contribution in [0.1, 0.15) is 38.5 Å². The van der Waals surface area contributed by atoms with E-state index in [2.05, 4.69) is 20.4 Å². The molecule has 1 aromatic heterocycles. The van der Waals surface area contributed by atoms with Crippen LogP contribution >= 0.6 is 11.6 Å². The number of aromatic nitrogens is 4. The number of tetrazole rings is 1. The van der Waals surface area contributed by atoms with Gasteiger partial charge >= 0.3 is 0 Å². The molecule has 0 radical (unpaired) electrons. The maximum atomic E-state index is 13.1. The van der Waals surface area contributed by atoms with E-state index in [1.54, 1.807) is 11.0 Å². The van der Waals surface area contributed by atoms with Crippen molar-refractivity contribution in [2.75, 3.05) is 31.1 Å². The number of amides is 1. The molecule has 1 amide bonds. The number of halogens is 1. The van der Waals surface area contributed by atoms with Gasteiger partial charge in [-0.2, -0.15) is 0 Å². The first-order chi connectivity index (χ1) is 13.6. The molecule has 2 heterocycles. The molecule has 0 spiro atoms. The van der Waals surface area contributed by atoms with Crippen LogP contribution in [0.15, 0.2) is 30.6 Å². The topological polar surface area (TPSA) is 67.2 Å². The third-order valence-electron chi connectivity index (χ3n) is 6.15. The van der Waals surface area contributed by atoms with Crippen molar-refractivity contribution in [2.45, 2.75) is 45.1 Å². The van der Waals surface area contributed by atoms with E-state index in [0.717, 1.165) is 50.6 Å². The highest BCUT2D eigenvalue weighted by molar-refractivity contribution is 6.30. The molecule has 1 saturated heterocycles. The number of carbonyl (C=O) groups is 1. The van der Waals surface area contributed by atoms with Gasteiger partial charge in [-0.1, -0.05) is 30.9 Å². The van der Waals surface area contributed by atoms with E-state index in [4.69, 9.17) is 11.6 Å². The summed E-state index contributed by atoms with van der Waals surface area (Å²) in [5.41, 5.74) is 1.15. The average molecular weight is 403 g/mol. The number of hydrogen-bond donors (Lipinski definition) is 0. The summed E-state index contributed by atoms with van der Waals surface area (Å²) in [5, 5.41) is 12.3. The summed E-state index contributed by atoms with van der Waals surface area (Å²) >= 11 is 5.99. The molecule has 7 nitrogen and oxygen atoms in total. The molecule has 1 aromatic carbocycles. The lowest BCUT2D eigenvalue weighted by atomic mass is 9.71. The number of piperazine rings is 1. The van der Waals surface area contributed by atoms with Gasteiger partial charge in [-0.05, 0) is 52.9 Å². The minimum absolute atomic E-state index is 0.0158. The van der Waals surface area contributed by atoms with Crippen molar-refractivity contribution in [2.24, 2.45) is 5.41 Å². The number of rotatable bonds is 5. The number of benzene rings is 1. The van der Waals surface area contributed by atoms with E-state index < -0.39 is 0 Å². The Morgan fingerprint density at radius 1 is 1.04 bits per heavy atom. The highest BCUT2D eigenvalue weighted by Crippen LogP contribution is 2.41. The SMILES string of the molecule is O=C(CC1(Cn2cnnn2)CCCCC1)N1CCN(c2ccc(Cl)cc2)CC1. The Morgan fingerprint density at radius 3 is 2.39 bits per heavy atom. The van der Waals surface area contributed by atoms with Gasteiger partial charge in [0.1, 0.15) is 6.33 Å². The van der Waals surface area contributed by atoms with Gasteiger partial charge in [0.2, 0.25) is 5.91 Å². The summed E-state index contributed by atoms with van der Waals surface area (Å²) < 4.78 is 1.79. The second-order valence-electron chi connectivity index (χ2n) is 8.09. The Balaban J connectivity index is 1.36. The monoisotopic (exact) mass is 402 g/mol. The van der Waals surface area contributed by atoms with Crippen LogP contribution in [0.5, 0.6) is 0 Å². The highest BCUT2D eigenvalue weighted by atomic mass is 35.5. The van der Waals surface area contributed by atoms with E-state index in [-0.39, 0.29) is 11.3 Å². The molecule has 2 aliphatic rings. The molecule has 1 aliphatic carbocycles. The van der Waals surface area contributed by atoms with Crippen molar-refractivity contribution in [1.82, 2.24) is 25.1 Å². The van der Waals surface area contributed by atoms with Gasteiger partial charge in [-0.3, -0.25) is 4.79 Å². The summed E-state index contributed by atoms with van der Waals surface area (Å²) in [6, 6.07) is 7.92. The zero-order valence-electron chi connectivity index (χ0n) is 16.1. The molecule has 2 fully saturated rings. The minimum atomic E-state index is -0.0158. The second kappa shape index (κ2) is 8.47. The van der Waals surface area contributed by atoms with Crippen LogP contribution in [0, 0.1) is 5.41 Å². The van der Waals surface area contributed by atoms with E-state index in [9.17, 15) is 4.79 Å². The summed E-state index contributed by atoms with van der Waals surface area (Å²) in [6.07, 6.45) is 8.01. The molecular formula is C20H27ClN6O. The van der Waals surface area contributed by atoms with Gasteiger partial charge in [-0.15, -0.1) is 5.10 Å². The van der Waals surface area contributed by atoms with Crippen molar-refractivity contribution in [3.63, 3.8) is 0 Å². The first-order valence-electron chi connectivity index (χ1n) is 10.1. The predicted octanol–water partition coefficient (Wildman–Crippen LogP) is 3.02. The lowest BCUT2D eigenvalue weighted by Crippen LogP contribution is -2.50. The molecule has 28 heavy (non-hydrogen) atoms. The Morgan fingerprint density at radius 2 is 1.75 bits per heavy atom. The van der Waals surface area contributed by atoms with Crippen molar-refractivity contribution in [1.29, 1.82) is 0 Å². The van der Waals surface area contributed by atoms with Crippen molar-refractivity contribution < 1.29 is 4.79 Å². The van der Waals surface area contributed by atoms with Crippen molar-refractivity contribution in [3.05, 3.63) is 35.6 Å². The van der Waals surface area contributed by atoms with Crippen LogP contribution in [0.2, 0.25) is 5.02 Å². The summed E-state index contributed by atoms with van der Waals surface area (Å²) in [7, 11) is 0. The highest BCUT2D eigenvalue weighted by Gasteiger charge is 2.37. The van der Waals surface area contributed by atoms with Gasteiger partial charge in [0.05, 0.1) is 6.54 Å². The van der Waals surface area contributed by atoms with Crippen LogP contribution in [-0.2, 0) is 11.3 Å². The molecule has 0 atom stereocenters. The molecular weight excluding hydrogens is 376 g/mol. The fourth-order valence-corrected chi connectivity index (χ4v) is 4.71. The molecule has 2 aromatic rings.